The standard InChI is InChI=1S/C13H10ClN5O2/c14-12-11(19(20)21)13(17-9-16-12)18(8-4-7-15)10-5-2-1-3-6-10/h1-3,5-6,9H,4,8H2. The van der Waals surface area contributed by atoms with Crippen LogP contribution < -0.4 is 4.90 Å². The van der Waals surface area contributed by atoms with Crippen LogP contribution in [0.15, 0.2) is 36.7 Å². The highest BCUT2D eigenvalue weighted by Crippen LogP contribution is 2.35. The molecule has 0 saturated heterocycles. The molecule has 8 heteroatoms. The molecule has 1 aromatic heterocycles. The second kappa shape index (κ2) is 6.63. The van der Waals surface area contributed by atoms with Gasteiger partial charge in [-0.2, -0.15) is 5.26 Å². The van der Waals surface area contributed by atoms with Crippen LogP contribution >= 0.6 is 11.6 Å². The Bertz CT molecular complexity index is 687. The first-order valence-electron chi connectivity index (χ1n) is 5.99. The minimum atomic E-state index is -0.625. The Morgan fingerprint density at radius 3 is 2.67 bits per heavy atom. The minimum Gasteiger partial charge on any atom is -0.319 e. The summed E-state index contributed by atoms with van der Waals surface area (Å²) >= 11 is 5.81. The summed E-state index contributed by atoms with van der Waals surface area (Å²) in [5, 5.41) is 19.7. The van der Waals surface area contributed by atoms with Gasteiger partial charge in [-0.25, -0.2) is 9.97 Å². The largest absolute Gasteiger partial charge is 0.348 e. The number of benzene rings is 1. The van der Waals surface area contributed by atoms with E-state index in [4.69, 9.17) is 16.9 Å². The third-order valence-corrected chi connectivity index (χ3v) is 2.99. The van der Waals surface area contributed by atoms with Crippen LogP contribution in [0, 0.1) is 21.4 Å². The third kappa shape index (κ3) is 3.24. The van der Waals surface area contributed by atoms with Gasteiger partial charge < -0.3 is 4.90 Å². The van der Waals surface area contributed by atoms with E-state index in [0.717, 1.165) is 6.33 Å². The lowest BCUT2D eigenvalue weighted by molar-refractivity contribution is -0.384. The number of aromatic nitrogens is 2. The van der Waals surface area contributed by atoms with E-state index in [1.807, 2.05) is 12.1 Å². The number of hydrogen-bond donors (Lipinski definition) is 0. The summed E-state index contributed by atoms with van der Waals surface area (Å²) in [5.74, 6) is 0.0708. The highest BCUT2D eigenvalue weighted by molar-refractivity contribution is 6.31. The Morgan fingerprint density at radius 1 is 1.33 bits per heavy atom. The fourth-order valence-corrected chi connectivity index (χ4v) is 2.03. The Kier molecular flexibility index (Phi) is 4.64. The van der Waals surface area contributed by atoms with E-state index >= 15 is 0 Å². The highest BCUT2D eigenvalue weighted by Gasteiger charge is 2.26. The Labute approximate surface area is 125 Å². The molecule has 0 atom stereocenters. The van der Waals surface area contributed by atoms with Crippen LogP contribution in [0.1, 0.15) is 6.42 Å². The van der Waals surface area contributed by atoms with Crippen molar-refractivity contribution in [3.8, 4) is 6.07 Å². The predicted molar refractivity (Wildman–Crippen MR) is 77.4 cm³/mol. The second-order valence-electron chi connectivity index (χ2n) is 3.99. The van der Waals surface area contributed by atoms with Crippen LogP contribution in [-0.2, 0) is 0 Å². The van der Waals surface area contributed by atoms with Crippen LogP contribution in [-0.4, -0.2) is 21.4 Å². The zero-order valence-corrected chi connectivity index (χ0v) is 11.6. The SMILES string of the molecule is N#CCCN(c1ccccc1)c1ncnc(Cl)c1[N+](=O)[O-]. The first kappa shape index (κ1) is 14.7. The van der Waals surface area contributed by atoms with Crippen LogP contribution in [0.4, 0.5) is 17.2 Å². The quantitative estimate of drug-likeness (QED) is 0.478. The molecule has 0 fully saturated rings. The Balaban J connectivity index is 2.55. The summed E-state index contributed by atoms with van der Waals surface area (Å²) in [7, 11) is 0. The van der Waals surface area contributed by atoms with Crippen molar-refractivity contribution in [2.24, 2.45) is 0 Å². The number of anilines is 2. The molecule has 0 amide bonds. The molecule has 1 aromatic carbocycles. The first-order valence-corrected chi connectivity index (χ1v) is 6.37. The summed E-state index contributed by atoms with van der Waals surface area (Å²) in [6.07, 6.45) is 1.35. The van der Waals surface area contributed by atoms with Crippen LogP contribution in [0.25, 0.3) is 0 Å². The summed E-state index contributed by atoms with van der Waals surface area (Å²) in [4.78, 5) is 19.8. The van der Waals surface area contributed by atoms with Gasteiger partial charge in [0.1, 0.15) is 6.33 Å². The van der Waals surface area contributed by atoms with Gasteiger partial charge >= 0.3 is 5.69 Å². The lowest BCUT2D eigenvalue weighted by Crippen LogP contribution is -2.21. The molecule has 0 bridgehead atoms. The minimum absolute atomic E-state index is 0.0708. The number of para-hydroxylation sites is 1. The maximum absolute atomic E-state index is 11.2. The molecule has 0 radical (unpaired) electrons. The number of rotatable bonds is 5. The van der Waals surface area contributed by atoms with E-state index in [1.54, 1.807) is 29.2 Å². The molecule has 0 aliphatic carbocycles. The molecule has 0 aliphatic rings. The van der Waals surface area contributed by atoms with Crippen molar-refractivity contribution >= 4 is 28.8 Å². The number of nitro groups is 1. The molecule has 0 unspecified atom stereocenters. The number of halogens is 1. The summed E-state index contributed by atoms with van der Waals surface area (Å²) in [6, 6.07) is 11.0. The highest BCUT2D eigenvalue weighted by atomic mass is 35.5. The van der Waals surface area contributed by atoms with Gasteiger partial charge in [-0.1, -0.05) is 29.8 Å². The van der Waals surface area contributed by atoms with Crippen molar-refractivity contribution in [2.75, 3.05) is 11.4 Å². The predicted octanol–water partition coefficient (Wildman–Crippen LogP) is 3.09. The summed E-state index contributed by atoms with van der Waals surface area (Å²) in [6.45, 7) is 0.259. The average Bonchev–Trinajstić information content (AvgIpc) is 2.48. The van der Waals surface area contributed by atoms with Crippen LogP contribution in [0.5, 0.6) is 0 Å². The van der Waals surface area contributed by atoms with E-state index in [1.165, 1.54) is 0 Å². The van der Waals surface area contributed by atoms with Crippen molar-refractivity contribution in [3.05, 3.63) is 51.9 Å². The lowest BCUT2D eigenvalue weighted by atomic mass is 10.2. The molecule has 106 valence electrons. The number of hydrogen-bond acceptors (Lipinski definition) is 6. The zero-order chi connectivity index (χ0) is 15.2. The van der Waals surface area contributed by atoms with E-state index in [9.17, 15) is 10.1 Å². The molecule has 21 heavy (non-hydrogen) atoms. The molecular weight excluding hydrogens is 294 g/mol. The topological polar surface area (TPSA) is 96.0 Å². The number of nitrogens with zero attached hydrogens (tertiary/aromatic N) is 5. The van der Waals surface area contributed by atoms with Gasteiger partial charge in [0.25, 0.3) is 0 Å². The van der Waals surface area contributed by atoms with Crippen molar-refractivity contribution in [1.29, 1.82) is 5.26 Å². The Morgan fingerprint density at radius 2 is 2.05 bits per heavy atom. The van der Waals surface area contributed by atoms with Gasteiger partial charge in [-0.3, -0.25) is 10.1 Å². The Hall–Kier alpha value is -2.72. The normalized spacial score (nSPS) is 9.90. The van der Waals surface area contributed by atoms with E-state index in [-0.39, 0.29) is 29.6 Å². The summed E-state index contributed by atoms with van der Waals surface area (Å²) < 4.78 is 0. The molecule has 0 spiro atoms. The number of nitriles is 1. The molecule has 0 saturated carbocycles. The van der Waals surface area contributed by atoms with Gasteiger partial charge in [0, 0.05) is 12.2 Å². The van der Waals surface area contributed by atoms with Crippen molar-refractivity contribution in [2.45, 2.75) is 6.42 Å². The van der Waals surface area contributed by atoms with Gasteiger partial charge in [0.15, 0.2) is 0 Å². The molecule has 0 aliphatic heterocycles. The van der Waals surface area contributed by atoms with Crippen molar-refractivity contribution in [1.82, 2.24) is 9.97 Å². The van der Waals surface area contributed by atoms with Gasteiger partial charge in [0.05, 0.1) is 17.4 Å². The molecule has 2 aromatic rings. The van der Waals surface area contributed by atoms with Crippen molar-refractivity contribution in [3.63, 3.8) is 0 Å². The van der Waals surface area contributed by atoms with E-state index in [2.05, 4.69) is 9.97 Å². The van der Waals surface area contributed by atoms with Gasteiger partial charge in [-0.05, 0) is 12.1 Å². The smallest absolute Gasteiger partial charge is 0.319 e. The van der Waals surface area contributed by atoms with Crippen molar-refractivity contribution < 1.29 is 4.92 Å². The average molecular weight is 304 g/mol. The third-order valence-electron chi connectivity index (χ3n) is 2.71. The van der Waals surface area contributed by atoms with Crippen LogP contribution in [0.3, 0.4) is 0 Å². The maximum Gasteiger partial charge on any atom is 0.348 e. The molecule has 1 heterocycles. The summed E-state index contributed by atoms with van der Waals surface area (Å²) in [5.41, 5.74) is 0.312. The van der Waals surface area contributed by atoms with Crippen LogP contribution in [0.2, 0.25) is 5.15 Å². The molecule has 7 nitrogen and oxygen atoms in total. The van der Waals surface area contributed by atoms with E-state index < -0.39 is 4.92 Å². The first-order chi connectivity index (χ1) is 10.1. The monoisotopic (exact) mass is 303 g/mol. The fraction of sp³-hybridized carbons (Fsp3) is 0.154. The van der Waals surface area contributed by atoms with Gasteiger partial charge in [-0.15, -0.1) is 0 Å². The molecule has 0 N–H and O–H groups in total. The lowest BCUT2D eigenvalue weighted by Gasteiger charge is -2.22. The van der Waals surface area contributed by atoms with Gasteiger partial charge in [0.2, 0.25) is 11.0 Å². The fourth-order valence-electron chi connectivity index (χ4n) is 1.83. The second-order valence-corrected chi connectivity index (χ2v) is 4.35. The zero-order valence-electron chi connectivity index (χ0n) is 10.8. The molecular formula is C13H10ClN5O2. The maximum atomic E-state index is 11.2. The van der Waals surface area contributed by atoms with E-state index in [0.29, 0.717) is 5.69 Å². The molecule has 2 rings (SSSR count).